The smallest absolute Gasteiger partial charge is 0.348 e. The monoisotopic (exact) mass is 401 g/mol. The number of hydrogen-bond acceptors (Lipinski definition) is 6. The first kappa shape index (κ1) is 18.3. The van der Waals surface area contributed by atoms with E-state index >= 15 is 0 Å². The van der Waals surface area contributed by atoms with Gasteiger partial charge in [-0.1, -0.05) is 23.7 Å². The third-order valence-corrected chi connectivity index (χ3v) is 6.76. The minimum atomic E-state index is -3.57. The number of esters is 1. The van der Waals surface area contributed by atoms with Gasteiger partial charge in [0.2, 0.25) is 10.0 Å². The summed E-state index contributed by atoms with van der Waals surface area (Å²) in [4.78, 5) is 12.5. The molecule has 6 nitrogen and oxygen atoms in total. The molecule has 0 aliphatic carbocycles. The van der Waals surface area contributed by atoms with Crippen LogP contribution in [0.15, 0.2) is 41.3 Å². The molecule has 1 fully saturated rings. The molecule has 0 saturated carbocycles. The Hall–Kier alpha value is -1.45. The van der Waals surface area contributed by atoms with Crippen LogP contribution in [-0.4, -0.2) is 45.0 Å². The molecule has 0 spiro atoms. The van der Waals surface area contributed by atoms with Crippen molar-refractivity contribution in [2.45, 2.75) is 11.5 Å². The van der Waals surface area contributed by atoms with E-state index in [1.54, 1.807) is 24.3 Å². The van der Waals surface area contributed by atoms with Crippen molar-refractivity contribution in [3.63, 3.8) is 0 Å². The molecule has 25 heavy (non-hydrogen) atoms. The van der Waals surface area contributed by atoms with Crippen LogP contribution in [0.2, 0.25) is 4.34 Å². The van der Waals surface area contributed by atoms with Crippen LogP contribution in [0.1, 0.15) is 15.2 Å². The van der Waals surface area contributed by atoms with Crippen LogP contribution < -0.4 is 0 Å². The maximum atomic E-state index is 12.7. The Morgan fingerprint density at radius 3 is 2.68 bits per heavy atom. The lowest BCUT2D eigenvalue weighted by molar-refractivity contribution is 0.0478. The van der Waals surface area contributed by atoms with Gasteiger partial charge in [0.1, 0.15) is 11.5 Å². The van der Waals surface area contributed by atoms with Crippen LogP contribution in [-0.2, 0) is 26.1 Å². The topological polar surface area (TPSA) is 72.9 Å². The highest BCUT2D eigenvalue weighted by atomic mass is 35.5. The average molecular weight is 402 g/mol. The molecule has 1 saturated heterocycles. The zero-order valence-electron chi connectivity index (χ0n) is 13.2. The van der Waals surface area contributed by atoms with E-state index in [1.807, 2.05) is 0 Å². The van der Waals surface area contributed by atoms with Gasteiger partial charge in [-0.25, -0.2) is 13.2 Å². The number of halogens is 1. The second-order valence-corrected chi connectivity index (χ2v) is 9.00. The van der Waals surface area contributed by atoms with E-state index in [0.717, 1.165) is 11.3 Å². The fourth-order valence-corrected chi connectivity index (χ4v) is 4.79. The predicted octanol–water partition coefficient (Wildman–Crippen LogP) is 2.78. The van der Waals surface area contributed by atoms with Crippen molar-refractivity contribution in [3.05, 3.63) is 51.2 Å². The summed E-state index contributed by atoms with van der Waals surface area (Å²) in [5.74, 6) is -0.488. The lowest BCUT2D eigenvalue weighted by Crippen LogP contribution is -2.40. The number of sulfonamides is 1. The molecule has 0 bridgehead atoms. The predicted molar refractivity (Wildman–Crippen MR) is 94.5 cm³/mol. The third-order valence-electron chi connectivity index (χ3n) is 3.65. The van der Waals surface area contributed by atoms with Crippen LogP contribution in [0.5, 0.6) is 0 Å². The fraction of sp³-hybridized carbons (Fsp3) is 0.312. The van der Waals surface area contributed by atoms with E-state index in [9.17, 15) is 13.2 Å². The Bertz CT molecular complexity index is 859. The molecule has 1 aromatic heterocycles. The van der Waals surface area contributed by atoms with Crippen molar-refractivity contribution in [3.8, 4) is 0 Å². The lowest BCUT2D eigenvalue weighted by atomic mass is 10.2. The van der Waals surface area contributed by atoms with E-state index in [0.29, 0.717) is 41.1 Å². The van der Waals surface area contributed by atoms with Crippen molar-refractivity contribution < 1.29 is 22.7 Å². The number of benzene rings is 1. The average Bonchev–Trinajstić information content (AvgIpc) is 3.07. The van der Waals surface area contributed by atoms with Crippen molar-refractivity contribution in [1.82, 2.24) is 4.31 Å². The van der Waals surface area contributed by atoms with Gasteiger partial charge < -0.3 is 9.47 Å². The van der Waals surface area contributed by atoms with Crippen molar-refractivity contribution in [2.24, 2.45) is 0 Å². The minimum Gasteiger partial charge on any atom is -0.457 e. The molecule has 0 N–H and O–H groups in total. The van der Waals surface area contributed by atoms with Crippen LogP contribution in [0.4, 0.5) is 0 Å². The highest BCUT2D eigenvalue weighted by Gasteiger charge is 2.26. The second-order valence-electron chi connectivity index (χ2n) is 5.34. The number of thiophene rings is 1. The summed E-state index contributed by atoms with van der Waals surface area (Å²) in [5.41, 5.74) is 0.602. The van der Waals surface area contributed by atoms with E-state index < -0.39 is 16.0 Å². The molecule has 2 heterocycles. The molecule has 0 atom stereocenters. The number of hydrogen-bond donors (Lipinski definition) is 0. The number of morpholine rings is 1. The van der Waals surface area contributed by atoms with Crippen LogP contribution in [0.25, 0.3) is 0 Å². The normalized spacial score (nSPS) is 15.9. The Kier molecular flexibility index (Phi) is 5.75. The molecule has 3 rings (SSSR count). The van der Waals surface area contributed by atoms with Gasteiger partial charge in [0, 0.05) is 13.1 Å². The number of ether oxygens (including phenoxy) is 2. The molecule has 1 aliphatic rings. The Morgan fingerprint density at radius 2 is 2.00 bits per heavy atom. The van der Waals surface area contributed by atoms with Gasteiger partial charge in [-0.15, -0.1) is 11.3 Å². The Morgan fingerprint density at radius 1 is 1.24 bits per heavy atom. The van der Waals surface area contributed by atoms with Gasteiger partial charge in [0.05, 0.1) is 22.4 Å². The minimum absolute atomic E-state index is 0.0131. The molecule has 134 valence electrons. The van der Waals surface area contributed by atoms with Gasteiger partial charge in [-0.2, -0.15) is 4.31 Å². The largest absolute Gasteiger partial charge is 0.457 e. The van der Waals surface area contributed by atoms with E-state index in [4.69, 9.17) is 21.1 Å². The second kappa shape index (κ2) is 7.84. The molecule has 9 heteroatoms. The van der Waals surface area contributed by atoms with Crippen LogP contribution >= 0.6 is 22.9 Å². The van der Waals surface area contributed by atoms with Crippen molar-refractivity contribution in [2.75, 3.05) is 26.3 Å². The molecule has 1 aromatic carbocycles. The van der Waals surface area contributed by atoms with E-state index in [1.165, 1.54) is 16.4 Å². The van der Waals surface area contributed by atoms with Gasteiger partial charge in [-0.3, -0.25) is 0 Å². The first-order chi connectivity index (χ1) is 12.0. The fourth-order valence-electron chi connectivity index (χ4n) is 2.38. The molecule has 0 unspecified atom stereocenters. The SMILES string of the molecule is O=C(OCc1cccc(S(=O)(=O)N2CCOCC2)c1)c1ccc(Cl)s1. The van der Waals surface area contributed by atoms with Crippen LogP contribution in [0.3, 0.4) is 0 Å². The summed E-state index contributed by atoms with van der Waals surface area (Å²) in [6, 6.07) is 9.63. The van der Waals surface area contributed by atoms with Gasteiger partial charge >= 0.3 is 5.97 Å². The van der Waals surface area contributed by atoms with Gasteiger partial charge in [-0.05, 0) is 29.8 Å². The van der Waals surface area contributed by atoms with E-state index in [-0.39, 0.29) is 11.5 Å². The maximum absolute atomic E-state index is 12.7. The lowest BCUT2D eigenvalue weighted by Gasteiger charge is -2.26. The first-order valence-corrected chi connectivity index (χ1v) is 10.2. The van der Waals surface area contributed by atoms with E-state index in [2.05, 4.69) is 0 Å². The summed E-state index contributed by atoms with van der Waals surface area (Å²) in [7, 11) is -3.57. The quantitative estimate of drug-likeness (QED) is 0.720. The molecule has 1 aliphatic heterocycles. The highest BCUT2D eigenvalue weighted by Crippen LogP contribution is 2.23. The Labute approximate surface area is 155 Å². The molecular weight excluding hydrogens is 386 g/mol. The molecule has 2 aromatic rings. The first-order valence-electron chi connectivity index (χ1n) is 7.56. The van der Waals surface area contributed by atoms with Crippen molar-refractivity contribution >= 4 is 38.9 Å². The summed E-state index contributed by atoms with van der Waals surface area (Å²) in [6.45, 7) is 1.43. The summed E-state index contributed by atoms with van der Waals surface area (Å²) < 4.78 is 37.6. The maximum Gasteiger partial charge on any atom is 0.348 e. The number of carbonyl (C=O) groups excluding carboxylic acids is 1. The molecule has 0 radical (unpaired) electrons. The zero-order chi connectivity index (χ0) is 17.9. The number of carbonyl (C=O) groups is 1. The zero-order valence-corrected chi connectivity index (χ0v) is 15.6. The summed E-state index contributed by atoms with van der Waals surface area (Å²) in [6.07, 6.45) is 0. The third kappa shape index (κ3) is 4.39. The molecule has 0 amide bonds. The standard InChI is InChI=1S/C16H16ClNO5S2/c17-15-5-4-14(24-15)16(19)23-11-12-2-1-3-13(10-12)25(20,21)18-6-8-22-9-7-18/h1-5,10H,6-9,11H2. The number of rotatable bonds is 5. The van der Waals surface area contributed by atoms with Crippen LogP contribution in [0, 0.1) is 0 Å². The summed E-state index contributed by atoms with van der Waals surface area (Å²) >= 11 is 6.93. The molecular formula is C16H16ClNO5S2. The van der Waals surface area contributed by atoms with Gasteiger partial charge in [0.15, 0.2) is 0 Å². The summed E-state index contributed by atoms with van der Waals surface area (Å²) in [5, 5.41) is 0. The van der Waals surface area contributed by atoms with Crippen molar-refractivity contribution in [1.29, 1.82) is 0 Å². The number of nitrogens with zero attached hydrogens (tertiary/aromatic N) is 1. The Balaban J connectivity index is 1.70. The van der Waals surface area contributed by atoms with Gasteiger partial charge in [0.25, 0.3) is 0 Å². The highest BCUT2D eigenvalue weighted by molar-refractivity contribution is 7.89.